The van der Waals surface area contributed by atoms with Crippen molar-refractivity contribution in [2.75, 3.05) is 20.3 Å². The smallest absolute Gasteiger partial charge is 0.231 e. The molecule has 1 aromatic carbocycles. The van der Waals surface area contributed by atoms with Crippen molar-refractivity contribution in [3.63, 3.8) is 0 Å². The monoisotopic (exact) mass is 291 g/mol. The number of benzene rings is 1. The highest BCUT2D eigenvalue weighted by molar-refractivity contribution is 5.29. The molecule has 21 heavy (non-hydrogen) atoms. The van der Waals surface area contributed by atoms with E-state index in [4.69, 9.17) is 19.7 Å². The second kappa shape index (κ2) is 7.75. The average molecular weight is 291 g/mol. The maximum absolute atomic E-state index is 5.96. The standard InChI is InChI=1S/C15H21N3O3/c1-3-7-20-10-13(16)15-17-14(21-18-15)9-11-5-4-6-12(8-11)19-2/h4-6,8,13H,3,7,9-10,16H2,1-2H3. The van der Waals surface area contributed by atoms with Gasteiger partial charge >= 0.3 is 0 Å². The molecular weight excluding hydrogens is 270 g/mol. The summed E-state index contributed by atoms with van der Waals surface area (Å²) in [5, 5.41) is 3.91. The van der Waals surface area contributed by atoms with Gasteiger partial charge in [-0.3, -0.25) is 0 Å². The Hall–Kier alpha value is -1.92. The fourth-order valence-electron chi connectivity index (χ4n) is 1.88. The Kier molecular flexibility index (Phi) is 5.71. The minimum Gasteiger partial charge on any atom is -0.497 e. The van der Waals surface area contributed by atoms with Crippen LogP contribution in [0.3, 0.4) is 0 Å². The van der Waals surface area contributed by atoms with E-state index < -0.39 is 0 Å². The van der Waals surface area contributed by atoms with Crippen LogP contribution < -0.4 is 10.5 Å². The van der Waals surface area contributed by atoms with Gasteiger partial charge in [0, 0.05) is 6.61 Å². The van der Waals surface area contributed by atoms with E-state index >= 15 is 0 Å². The van der Waals surface area contributed by atoms with E-state index in [-0.39, 0.29) is 6.04 Å². The molecule has 2 rings (SSSR count). The molecule has 2 N–H and O–H groups in total. The van der Waals surface area contributed by atoms with Crippen molar-refractivity contribution in [3.8, 4) is 5.75 Å². The molecule has 0 aliphatic carbocycles. The molecule has 114 valence electrons. The Labute approximate surface area is 124 Å². The first kappa shape index (κ1) is 15.5. The van der Waals surface area contributed by atoms with Crippen LogP contribution in [0, 0.1) is 0 Å². The third kappa shape index (κ3) is 4.54. The molecule has 0 saturated heterocycles. The molecule has 0 saturated carbocycles. The van der Waals surface area contributed by atoms with Gasteiger partial charge in [-0.2, -0.15) is 4.98 Å². The number of ether oxygens (including phenoxy) is 2. The lowest BCUT2D eigenvalue weighted by atomic mass is 10.1. The molecule has 0 spiro atoms. The number of aromatic nitrogens is 2. The van der Waals surface area contributed by atoms with Crippen molar-refractivity contribution in [2.45, 2.75) is 25.8 Å². The number of nitrogens with zero attached hydrogens (tertiary/aromatic N) is 2. The van der Waals surface area contributed by atoms with Crippen LogP contribution >= 0.6 is 0 Å². The molecule has 0 aliphatic heterocycles. The highest BCUT2D eigenvalue weighted by Gasteiger charge is 2.14. The Morgan fingerprint density at radius 3 is 3.00 bits per heavy atom. The van der Waals surface area contributed by atoms with Crippen molar-refractivity contribution < 1.29 is 14.0 Å². The maximum Gasteiger partial charge on any atom is 0.231 e. The van der Waals surface area contributed by atoms with E-state index in [0.29, 0.717) is 31.3 Å². The molecular formula is C15H21N3O3. The largest absolute Gasteiger partial charge is 0.497 e. The fourth-order valence-corrected chi connectivity index (χ4v) is 1.88. The Morgan fingerprint density at radius 2 is 2.24 bits per heavy atom. The molecule has 0 bridgehead atoms. The Bertz CT molecular complexity index is 557. The van der Waals surface area contributed by atoms with Gasteiger partial charge in [-0.1, -0.05) is 24.2 Å². The first-order valence-electron chi connectivity index (χ1n) is 7.01. The quantitative estimate of drug-likeness (QED) is 0.750. The SMILES string of the molecule is CCCOCC(N)c1noc(Cc2cccc(OC)c2)n1. The molecule has 0 amide bonds. The van der Waals surface area contributed by atoms with Gasteiger partial charge in [0.05, 0.1) is 26.2 Å². The highest BCUT2D eigenvalue weighted by Crippen LogP contribution is 2.16. The van der Waals surface area contributed by atoms with Crippen molar-refractivity contribution in [3.05, 3.63) is 41.5 Å². The number of hydrogen-bond acceptors (Lipinski definition) is 6. The fraction of sp³-hybridized carbons (Fsp3) is 0.467. The minimum atomic E-state index is -0.362. The number of rotatable bonds is 8. The average Bonchev–Trinajstić information content (AvgIpc) is 2.96. The normalized spacial score (nSPS) is 12.3. The summed E-state index contributed by atoms with van der Waals surface area (Å²) in [4.78, 5) is 4.32. The summed E-state index contributed by atoms with van der Waals surface area (Å²) in [5.74, 6) is 1.81. The summed E-state index contributed by atoms with van der Waals surface area (Å²) < 4.78 is 15.8. The lowest BCUT2D eigenvalue weighted by molar-refractivity contribution is 0.119. The summed E-state index contributed by atoms with van der Waals surface area (Å²) in [6.45, 7) is 3.13. The van der Waals surface area contributed by atoms with Crippen molar-refractivity contribution in [1.82, 2.24) is 10.1 Å². The topological polar surface area (TPSA) is 83.4 Å². The van der Waals surface area contributed by atoms with Crippen LogP contribution in [0.1, 0.15) is 36.7 Å². The van der Waals surface area contributed by atoms with Crippen LogP contribution in [0.25, 0.3) is 0 Å². The number of hydrogen-bond donors (Lipinski definition) is 1. The van der Waals surface area contributed by atoms with Crippen molar-refractivity contribution in [2.24, 2.45) is 5.73 Å². The molecule has 1 heterocycles. The first-order chi connectivity index (χ1) is 10.2. The molecule has 1 atom stereocenters. The number of nitrogens with two attached hydrogens (primary N) is 1. The molecule has 6 nitrogen and oxygen atoms in total. The van der Waals surface area contributed by atoms with Gasteiger partial charge in [-0.05, 0) is 24.1 Å². The van der Waals surface area contributed by atoms with E-state index in [9.17, 15) is 0 Å². The van der Waals surface area contributed by atoms with Crippen LogP contribution in [-0.2, 0) is 11.2 Å². The zero-order valence-corrected chi connectivity index (χ0v) is 12.4. The van der Waals surface area contributed by atoms with E-state index in [0.717, 1.165) is 17.7 Å². The molecule has 6 heteroatoms. The minimum absolute atomic E-state index is 0.362. The van der Waals surface area contributed by atoms with Crippen molar-refractivity contribution >= 4 is 0 Å². The Morgan fingerprint density at radius 1 is 1.38 bits per heavy atom. The van der Waals surface area contributed by atoms with E-state index in [1.165, 1.54) is 0 Å². The summed E-state index contributed by atoms with van der Waals surface area (Å²) in [7, 11) is 1.64. The third-order valence-corrected chi connectivity index (χ3v) is 2.95. The highest BCUT2D eigenvalue weighted by atomic mass is 16.5. The lowest BCUT2D eigenvalue weighted by Gasteiger charge is -2.06. The van der Waals surface area contributed by atoms with Gasteiger partial charge in [0.2, 0.25) is 5.89 Å². The molecule has 2 aromatic rings. The second-order valence-electron chi connectivity index (χ2n) is 4.76. The Balaban J connectivity index is 1.96. The van der Waals surface area contributed by atoms with Gasteiger partial charge in [0.25, 0.3) is 0 Å². The van der Waals surface area contributed by atoms with Gasteiger partial charge in [-0.25, -0.2) is 0 Å². The van der Waals surface area contributed by atoms with Gasteiger partial charge in [0.15, 0.2) is 5.82 Å². The predicted octanol–water partition coefficient (Wildman–Crippen LogP) is 2.10. The summed E-state index contributed by atoms with van der Waals surface area (Å²) in [6, 6.07) is 7.38. The second-order valence-corrected chi connectivity index (χ2v) is 4.76. The van der Waals surface area contributed by atoms with Crippen molar-refractivity contribution in [1.29, 1.82) is 0 Å². The van der Waals surface area contributed by atoms with E-state index in [2.05, 4.69) is 10.1 Å². The molecule has 0 fully saturated rings. The van der Waals surface area contributed by atoms with Gasteiger partial charge < -0.3 is 19.7 Å². The molecule has 0 aliphatic rings. The van der Waals surface area contributed by atoms with Crippen LogP contribution in [-0.4, -0.2) is 30.5 Å². The van der Waals surface area contributed by atoms with Gasteiger partial charge in [-0.15, -0.1) is 0 Å². The lowest BCUT2D eigenvalue weighted by Crippen LogP contribution is -2.18. The third-order valence-electron chi connectivity index (χ3n) is 2.95. The number of methoxy groups -OCH3 is 1. The molecule has 1 unspecified atom stereocenters. The van der Waals surface area contributed by atoms with E-state index in [1.54, 1.807) is 7.11 Å². The summed E-state index contributed by atoms with van der Waals surface area (Å²) >= 11 is 0. The zero-order valence-electron chi connectivity index (χ0n) is 12.4. The molecule has 0 radical (unpaired) electrons. The summed E-state index contributed by atoms with van der Waals surface area (Å²) in [6.07, 6.45) is 1.51. The zero-order chi connectivity index (χ0) is 15.1. The van der Waals surface area contributed by atoms with Gasteiger partial charge in [0.1, 0.15) is 5.75 Å². The van der Waals surface area contributed by atoms with E-state index in [1.807, 2.05) is 31.2 Å². The molecule has 1 aromatic heterocycles. The van der Waals surface area contributed by atoms with Crippen LogP contribution in [0.2, 0.25) is 0 Å². The van der Waals surface area contributed by atoms with Crippen LogP contribution in [0.5, 0.6) is 5.75 Å². The maximum atomic E-state index is 5.96. The predicted molar refractivity (Wildman–Crippen MR) is 78.1 cm³/mol. The van der Waals surface area contributed by atoms with Crippen LogP contribution in [0.4, 0.5) is 0 Å². The van der Waals surface area contributed by atoms with Crippen LogP contribution in [0.15, 0.2) is 28.8 Å². The summed E-state index contributed by atoms with van der Waals surface area (Å²) in [5.41, 5.74) is 7.00. The first-order valence-corrected chi connectivity index (χ1v) is 7.01.